The SMILES string of the molecule is O=S(=O)(Nc1cc(F)cc(F)c1)c1ccc(N2CCC(N3CCCC3)C2)nc1. The number of likely N-dealkylation sites (tertiary alicyclic amines) is 1. The Balaban J connectivity index is 1.45. The fourth-order valence-electron chi connectivity index (χ4n) is 3.90. The first kappa shape index (κ1) is 19.1. The number of rotatable bonds is 5. The molecule has 0 aliphatic carbocycles. The summed E-state index contributed by atoms with van der Waals surface area (Å²) >= 11 is 0. The van der Waals surface area contributed by atoms with E-state index in [4.69, 9.17) is 0 Å². The highest BCUT2D eigenvalue weighted by molar-refractivity contribution is 7.92. The molecule has 1 aromatic carbocycles. The van der Waals surface area contributed by atoms with E-state index in [1.165, 1.54) is 25.1 Å². The van der Waals surface area contributed by atoms with Crippen LogP contribution in [0.1, 0.15) is 19.3 Å². The van der Waals surface area contributed by atoms with Crippen molar-refractivity contribution in [2.75, 3.05) is 35.8 Å². The molecule has 1 atom stereocenters. The lowest BCUT2D eigenvalue weighted by atomic mass is 10.2. The van der Waals surface area contributed by atoms with Crippen LogP contribution in [0.3, 0.4) is 0 Å². The summed E-state index contributed by atoms with van der Waals surface area (Å²) in [7, 11) is -3.98. The molecule has 150 valence electrons. The van der Waals surface area contributed by atoms with Crippen LogP contribution in [0, 0.1) is 11.6 Å². The average molecular weight is 408 g/mol. The molecule has 1 unspecified atom stereocenters. The van der Waals surface area contributed by atoms with Crippen molar-refractivity contribution in [3.05, 3.63) is 48.2 Å². The van der Waals surface area contributed by atoms with E-state index in [9.17, 15) is 17.2 Å². The fraction of sp³-hybridized carbons (Fsp3) is 0.421. The number of benzene rings is 1. The van der Waals surface area contributed by atoms with Gasteiger partial charge in [0.05, 0.1) is 5.69 Å². The first-order valence-corrected chi connectivity index (χ1v) is 10.8. The summed E-state index contributed by atoms with van der Waals surface area (Å²) in [4.78, 5) is 8.92. The van der Waals surface area contributed by atoms with Crippen molar-refractivity contribution in [3.8, 4) is 0 Å². The quantitative estimate of drug-likeness (QED) is 0.824. The van der Waals surface area contributed by atoms with E-state index in [2.05, 4.69) is 19.5 Å². The van der Waals surface area contributed by atoms with Gasteiger partial charge in [0.2, 0.25) is 0 Å². The van der Waals surface area contributed by atoms with E-state index in [1.54, 1.807) is 6.07 Å². The van der Waals surface area contributed by atoms with Gasteiger partial charge >= 0.3 is 0 Å². The van der Waals surface area contributed by atoms with E-state index >= 15 is 0 Å². The Hall–Kier alpha value is -2.26. The normalized spacial score (nSPS) is 20.6. The number of pyridine rings is 1. The van der Waals surface area contributed by atoms with Crippen molar-refractivity contribution >= 4 is 21.5 Å². The zero-order chi connectivity index (χ0) is 19.7. The molecule has 0 saturated carbocycles. The number of hydrogen-bond acceptors (Lipinski definition) is 5. The van der Waals surface area contributed by atoms with Gasteiger partial charge < -0.3 is 4.90 Å². The van der Waals surface area contributed by atoms with Crippen LogP contribution in [0.15, 0.2) is 41.4 Å². The first-order chi connectivity index (χ1) is 13.4. The molecule has 1 aromatic heterocycles. The Morgan fingerprint density at radius 2 is 1.75 bits per heavy atom. The van der Waals surface area contributed by atoms with Gasteiger partial charge in [0.1, 0.15) is 22.3 Å². The van der Waals surface area contributed by atoms with Crippen molar-refractivity contribution < 1.29 is 17.2 Å². The van der Waals surface area contributed by atoms with Crippen molar-refractivity contribution in [2.45, 2.75) is 30.2 Å². The van der Waals surface area contributed by atoms with Gasteiger partial charge in [0, 0.05) is 31.4 Å². The molecule has 1 N–H and O–H groups in total. The smallest absolute Gasteiger partial charge is 0.263 e. The van der Waals surface area contributed by atoms with Gasteiger partial charge in [-0.15, -0.1) is 0 Å². The molecular formula is C19H22F2N4O2S. The topological polar surface area (TPSA) is 65.5 Å². The van der Waals surface area contributed by atoms with E-state index < -0.39 is 21.7 Å². The van der Waals surface area contributed by atoms with Crippen LogP contribution in [-0.4, -0.2) is 50.5 Å². The van der Waals surface area contributed by atoms with Gasteiger partial charge in [-0.2, -0.15) is 0 Å². The molecule has 0 radical (unpaired) electrons. The van der Waals surface area contributed by atoms with Gasteiger partial charge in [-0.25, -0.2) is 22.2 Å². The molecule has 9 heteroatoms. The Morgan fingerprint density at radius 3 is 2.39 bits per heavy atom. The Kier molecular flexibility index (Phi) is 5.20. The third-order valence-corrected chi connectivity index (χ3v) is 6.66. The molecule has 2 fully saturated rings. The molecule has 0 amide bonds. The number of aromatic nitrogens is 1. The zero-order valence-electron chi connectivity index (χ0n) is 15.3. The number of anilines is 2. The maximum absolute atomic E-state index is 13.3. The average Bonchev–Trinajstić information content (AvgIpc) is 3.32. The number of nitrogens with one attached hydrogen (secondary N) is 1. The largest absolute Gasteiger partial charge is 0.355 e. The minimum absolute atomic E-state index is 0.0591. The minimum Gasteiger partial charge on any atom is -0.355 e. The van der Waals surface area contributed by atoms with Crippen LogP contribution in [0.2, 0.25) is 0 Å². The molecule has 3 heterocycles. The predicted molar refractivity (Wildman–Crippen MR) is 103 cm³/mol. The van der Waals surface area contributed by atoms with Gasteiger partial charge in [-0.3, -0.25) is 9.62 Å². The van der Waals surface area contributed by atoms with Gasteiger partial charge in [0.25, 0.3) is 10.0 Å². The zero-order valence-corrected chi connectivity index (χ0v) is 16.1. The summed E-state index contributed by atoms with van der Waals surface area (Å²) < 4.78 is 53.7. The number of halogens is 2. The highest BCUT2D eigenvalue weighted by Gasteiger charge is 2.30. The summed E-state index contributed by atoms with van der Waals surface area (Å²) in [6.07, 6.45) is 4.86. The molecular weight excluding hydrogens is 386 g/mol. The third-order valence-electron chi connectivity index (χ3n) is 5.29. The monoisotopic (exact) mass is 408 g/mol. The van der Waals surface area contributed by atoms with Crippen molar-refractivity contribution in [1.82, 2.24) is 9.88 Å². The highest BCUT2D eigenvalue weighted by Crippen LogP contribution is 2.25. The molecule has 0 bridgehead atoms. The van der Waals surface area contributed by atoms with Crippen LogP contribution in [0.25, 0.3) is 0 Å². The minimum atomic E-state index is -3.98. The molecule has 4 rings (SSSR count). The van der Waals surface area contributed by atoms with Crippen LogP contribution in [0.4, 0.5) is 20.3 Å². The second-order valence-corrected chi connectivity index (χ2v) is 8.93. The van der Waals surface area contributed by atoms with Gasteiger partial charge in [-0.05, 0) is 56.6 Å². The molecule has 2 aliphatic heterocycles. The molecule has 0 spiro atoms. The van der Waals surface area contributed by atoms with Gasteiger partial charge in [-0.1, -0.05) is 0 Å². The summed E-state index contributed by atoms with van der Waals surface area (Å²) in [6.45, 7) is 4.08. The Labute approximate surface area is 163 Å². The maximum atomic E-state index is 13.3. The highest BCUT2D eigenvalue weighted by atomic mass is 32.2. The standard InChI is InChI=1S/C19H22F2N4O2S/c20-14-9-15(21)11-16(10-14)23-28(26,27)18-3-4-19(22-12-18)25-8-5-17(13-25)24-6-1-2-7-24/h3-4,9-12,17,23H,1-2,5-8,13H2. The van der Waals surface area contributed by atoms with Crippen LogP contribution in [0.5, 0.6) is 0 Å². The molecule has 2 aliphatic rings. The lowest BCUT2D eigenvalue weighted by Crippen LogP contribution is -2.35. The van der Waals surface area contributed by atoms with E-state index in [0.29, 0.717) is 12.1 Å². The fourth-order valence-corrected chi connectivity index (χ4v) is 4.88. The van der Waals surface area contributed by atoms with E-state index in [0.717, 1.165) is 50.6 Å². The van der Waals surface area contributed by atoms with Crippen LogP contribution < -0.4 is 9.62 Å². The van der Waals surface area contributed by atoms with Crippen molar-refractivity contribution in [3.63, 3.8) is 0 Å². The van der Waals surface area contributed by atoms with Gasteiger partial charge in [0.15, 0.2) is 0 Å². The first-order valence-electron chi connectivity index (χ1n) is 9.35. The number of nitrogens with zero attached hydrogens (tertiary/aromatic N) is 3. The summed E-state index contributed by atoms with van der Waals surface area (Å²) in [5.74, 6) is -0.974. The molecule has 28 heavy (non-hydrogen) atoms. The van der Waals surface area contributed by atoms with E-state index in [1.807, 2.05) is 0 Å². The summed E-state index contributed by atoms with van der Waals surface area (Å²) in [6, 6.07) is 6.18. The predicted octanol–water partition coefficient (Wildman–Crippen LogP) is 2.84. The maximum Gasteiger partial charge on any atom is 0.263 e. The molecule has 2 saturated heterocycles. The summed E-state index contributed by atoms with van der Waals surface area (Å²) in [5.41, 5.74) is -0.172. The van der Waals surface area contributed by atoms with Crippen LogP contribution >= 0.6 is 0 Å². The third kappa shape index (κ3) is 4.10. The van der Waals surface area contributed by atoms with E-state index in [-0.39, 0.29) is 10.6 Å². The number of sulfonamides is 1. The Morgan fingerprint density at radius 1 is 1.04 bits per heavy atom. The molecule has 2 aromatic rings. The lowest BCUT2D eigenvalue weighted by molar-refractivity contribution is 0.260. The number of hydrogen-bond donors (Lipinski definition) is 1. The lowest BCUT2D eigenvalue weighted by Gasteiger charge is -2.24. The molecule has 6 nitrogen and oxygen atoms in total. The van der Waals surface area contributed by atoms with Crippen molar-refractivity contribution in [2.24, 2.45) is 0 Å². The Bertz CT molecular complexity index is 927. The van der Waals surface area contributed by atoms with Crippen LogP contribution in [-0.2, 0) is 10.0 Å². The van der Waals surface area contributed by atoms with Crippen molar-refractivity contribution in [1.29, 1.82) is 0 Å². The summed E-state index contributed by atoms with van der Waals surface area (Å²) in [5, 5.41) is 0. The second-order valence-electron chi connectivity index (χ2n) is 7.25. The second kappa shape index (κ2) is 7.63.